The van der Waals surface area contributed by atoms with Crippen molar-refractivity contribution in [2.45, 2.75) is 46.3 Å². The van der Waals surface area contributed by atoms with Gasteiger partial charge in [-0.05, 0) is 68.7 Å². The molecule has 0 radical (unpaired) electrons. The van der Waals surface area contributed by atoms with Gasteiger partial charge in [-0.25, -0.2) is 0 Å². The SMILES string of the molecule is CC(C)(C)C#CC1C=CCCC=C(C2=C(c3cccs3)C(O)Nc3ccccc32)C1. The van der Waals surface area contributed by atoms with E-state index in [1.165, 1.54) is 5.57 Å². The maximum absolute atomic E-state index is 11.1. The van der Waals surface area contributed by atoms with Crippen LogP contribution in [0.15, 0.2) is 65.6 Å². The van der Waals surface area contributed by atoms with Crippen molar-refractivity contribution in [2.24, 2.45) is 11.3 Å². The molecule has 0 fully saturated rings. The molecule has 2 N–H and O–H groups in total. The second kappa shape index (κ2) is 8.68. The third kappa shape index (κ3) is 4.61. The van der Waals surface area contributed by atoms with Crippen molar-refractivity contribution in [1.82, 2.24) is 0 Å². The molecule has 0 saturated carbocycles. The average Bonchev–Trinajstić information content (AvgIpc) is 3.20. The Morgan fingerprint density at radius 1 is 1.10 bits per heavy atom. The average molecular weight is 416 g/mol. The second-order valence-electron chi connectivity index (χ2n) is 8.92. The van der Waals surface area contributed by atoms with Crippen molar-refractivity contribution >= 4 is 28.2 Å². The minimum absolute atomic E-state index is 0.0148. The maximum atomic E-state index is 11.1. The summed E-state index contributed by atoms with van der Waals surface area (Å²) < 4.78 is 0. The van der Waals surface area contributed by atoms with Crippen LogP contribution in [-0.4, -0.2) is 11.3 Å². The lowest BCUT2D eigenvalue weighted by Gasteiger charge is -2.31. The third-order valence-corrected chi connectivity index (χ3v) is 6.21. The third-order valence-electron chi connectivity index (χ3n) is 5.30. The number of para-hydroxylation sites is 1. The summed E-state index contributed by atoms with van der Waals surface area (Å²) in [5.74, 6) is 7.11. The molecule has 2 atom stereocenters. The molecule has 2 aliphatic rings. The Kier molecular flexibility index (Phi) is 5.99. The van der Waals surface area contributed by atoms with Gasteiger partial charge < -0.3 is 10.4 Å². The van der Waals surface area contributed by atoms with Gasteiger partial charge in [0.05, 0.1) is 0 Å². The molecule has 0 spiro atoms. The van der Waals surface area contributed by atoms with Gasteiger partial charge in [0.15, 0.2) is 6.23 Å². The van der Waals surface area contributed by atoms with E-state index >= 15 is 0 Å². The molecular weight excluding hydrogens is 386 g/mol. The Labute approximate surface area is 184 Å². The fourth-order valence-corrected chi connectivity index (χ4v) is 4.78. The van der Waals surface area contributed by atoms with Crippen LogP contribution in [0.3, 0.4) is 0 Å². The van der Waals surface area contributed by atoms with Gasteiger partial charge in [-0.1, -0.05) is 54.3 Å². The van der Waals surface area contributed by atoms with Gasteiger partial charge >= 0.3 is 0 Å². The molecule has 4 rings (SSSR count). The molecule has 2 heterocycles. The number of aliphatic hydroxyl groups is 1. The zero-order valence-electron chi connectivity index (χ0n) is 17.9. The van der Waals surface area contributed by atoms with Crippen LogP contribution < -0.4 is 5.32 Å². The number of hydrogen-bond donors (Lipinski definition) is 2. The van der Waals surface area contributed by atoms with Gasteiger partial charge in [0.2, 0.25) is 0 Å². The molecule has 1 aromatic carbocycles. The molecule has 2 aromatic rings. The van der Waals surface area contributed by atoms with Crippen LogP contribution in [0, 0.1) is 23.2 Å². The van der Waals surface area contributed by atoms with Crippen molar-refractivity contribution < 1.29 is 5.11 Å². The van der Waals surface area contributed by atoms with E-state index in [9.17, 15) is 5.11 Å². The Morgan fingerprint density at radius 3 is 2.70 bits per heavy atom. The van der Waals surface area contributed by atoms with Gasteiger partial charge in [-0.3, -0.25) is 0 Å². The fraction of sp³-hybridized carbons (Fsp3) is 0.333. The molecule has 30 heavy (non-hydrogen) atoms. The molecule has 0 bridgehead atoms. The number of hydrogen-bond acceptors (Lipinski definition) is 3. The van der Waals surface area contributed by atoms with E-state index in [0.717, 1.165) is 46.5 Å². The first-order valence-corrected chi connectivity index (χ1v) is 11.5. The van der Waals surface area contributed by atoms with Crippen LogP contribution in [0.5, 0.6) is 0 Å². The van der Waals surface area contributed by atoms with Crippen LogP contribution >= 0.6 is 11.3 Å². The highest BCUT2D eigenvalue weighted by molar-refractivity contribution is 7.11. The Balaban J connectivity index is 1.84. The van der Waals surface area contributed by atoms with Crippen LogP contribution in [-0.2, 0) is 0 Å². The van der Waals surface area contributed by atoms with Crippen LogP contribution in [0.4, 0.5) is 5.69 Å². The molecule has 1 aliphatic carbocycles. The maximum Gasteiger partial charge on any atom is 0.152 e. The van der Waals surface area contributed by atoms with Crippen molar-refractivity contribution in [1.29, 1.82) is 0 Å². The first kappa shape index (κ1) is 20.7. The number of allylic oxidation sites excluding steroid dienone is 5. The zero-order chi connectivity index (χ0) is 21.1. The predicted octanol–water partition coefficient (Wildman–Crippen LogP) is 6.74. The Bertz CT molecular complexity index is 1050. The summed E-state index contributed by atoms with van der Waals surface area (Å²) >= 11 is 1.67. The van der Waals surface area contributed by atoms with E-state index in [1.807, 2.05) is 18.2 Å². The Hall–Kier alpha value is -2.54. The second-order valence-corrected chi connectivity index (χ2v) is 9.87. The predicted molar refractivity (Wildman–Crippen MR) is 129 cm³/mol. The highest BCUT2D eigenvalue weighted by atomic mass is 32.1. The minimum Gasteiger partial charge on any atom is -0.369 e. The monoisotopic (exact) mass is 415 g/mol. The van der Waals surface area contributed by atoms with Gasteiger partial charge in [-0.15, -0.1) is 11.3 Å². The number of thiophene rings is 1. The highest BCUT2D eigenvalue weighted by Crippen LogP contribution is 2.45. The van der Waals surface area contributed by atoms with Crippen LogP contribution in [0.2, 0.25) is 0 Å². The first-order chi connectivity index (χ1) is 14.4. The molecule has 2 nitrogen and oxygen atoms in total. The molecule has 1 aliphatic heterocycles. The lowest BCUT2D eigenvalue weighted by Crippen LogP contribution is -2.26. The van der Waals surface area contributed by atoms with Crippen molar-refractivity contribution in [3.63, 3.8) is 0 Å². The van der Waals surface area contributed by atoms with Crippen LogP contribution in [0.25, 0.3) is 11.1 Å². The molecular formula is C27H29NOS. The fourth-order valence-electron chi connectivity index (χ4n) is 3.98. The summed E-state index contributed by atoms with van der Waals surface area (Å²) in [4.78, 5) is 1.11. The molecule has 1 aromatic heterocycles. The standard InChI is InChI=1S/C27H29NOS/c1-27(2,3)16-15-19-10-5-4-6-11-20(18-19)24-21-12-7-8-13-22(21)28-26(29)25(24)23-14-9-17-30-23/h5,7-14,17,19,26,28-29H,4,6,18H2,1-3H3. The molecule has 2 unspecified atom stereocenters. The van der Waals surface area contributed by atoms with Crippen LogP contribution in [0.1, 0.15) is 50.5 Å². The topological polar surface area (TPSA) is 32.3 Å². The minimum atomic E-state index is -0.727. The summed E-state index contributed by atoms with van der Waals surface area (Å²) in [7, 11) is 0. The number of aliphatic hydroxyl groups excluding tert-OH is 1. The van der Waals surface area contributed by atoms with E-state index in [0.29, 0.717) is 0 Å². The van der Waals surface area contributed by atoms with Gasteiger partial charge in [0, 0.05) is 33.0 Å². The molecule has 0 saturated heterocycles. The molecule has 154 valence electrons. The zero-order valence-corrected chi connectivity index (χ0v) is 18.7. The number of anilines is 1. The van der Waals surface area contributed by atoms with E-state index in [4.69, 9.17) is 0 Å². The lowest BCUT2D eigenvalue weighted by molar-refractivity contribution is 0.261. The number of nitrogens with one attached hydrogen (secondary N) is 1. The lowest BCUT2D eigenvalue weighted by atomic mass is 9.82. The van der Waals surface area contributed by atoms with Gasteiger partial charge in [0.25, 0.3) is 0 Å². The quantitative estimate of drug-likeness (QED) is 0.421. The summed E-state index contributed by atoms with van der Waals surface area (Å²) in [6.07, 6.45) is 9.02. The first-order valence-electron chi connectivity index (χ1n) is 10.6. The highest BCUT2D eigenvalue weighted by Gasteiger charge is 2.29. The van der Waals surface area contributed by atoms with Crippen molar-refractivity contribution in [2.75, 3.05) is 5.32 Å². The van der Waals surface area contributed by atoms with Gasteiger partial charge in [0.1, 0.15) is 0 Å². The smallest absolute Gasteiger partial charge is 0.152 e. The van der Waals surface area contributed by atoms with E-state index < -0.39 is 6.23 Å². The van der Waals surface area contributed by atoms with E-state index in [-0.39, 0.29) is 11.3 Å². The van der Waals surface area contributed by atoms with Crippen molar-refractivity contribution in [3.05, 3.63) is 76.0 Å². The van der Waals surface area contributed by atoms with E-state index in [1.54, 1.807) is 11.3 Å². The van der Waals surface area contributed by atoms with Crippen molar-refractivity contribution in [3.8, 4) is 11.8 Å². The van der Waals surface area contributed by atoms with Gasteiger partial charge in [-0.2, -0.15) is 0 Å². The number of benzene rings is 1. The number of rotatable bonds is 2. The summed E-state index contributed by atoms with van der Waals surface area (Å²) in [5.41, 5.74) is 5.54. The molecule has 0 amide bonds. The number of fused-ring (bicyclic) bond motifs is 1. The molecule has 3 heteroatoms. The van der Waals surface area contributed by atoms with E-state index in [2.05, 4.69) is 79.7 Å². The summed E-state index contributed by atoms with van der Waals surface area (Å²) in [6.45, 7) is 6.46. The normalized spacial score (nSPS) is 21.5. The Morgan fingerprint density at radius 2 is 1.93 bits per heavy atom. The largest absolute Gasteiger partial charge is 0.369 e. The summed E-state index contributed by atoms with van der Waals surface area (Å²) in [6, 6.07) is 12.4. The summed E-state index contributed by atoms with van der Waals surface area (Å²) in [5, 5.41) is 16.4.